The fourth-order valence-electron chi connectivity index (χ4n) is 5.46. The highest BCUT2D eigenvalue weighted by Crippen LogP contribution is 2.59. The van der Waals surface area contributed by atoms with E-state index in [1.54, 1.807) is 54.6 Å². The second kappa shape index (κ2) is 7.43. The monoisotopic (exact) mass is 454 g/mol. The van der Waals surface area contributed by atoms with Crippen molar-refractivity contribution in [1.29, 1.82) is 0 Å². The number of phenolic OH excluding ortho intramolecular Hbond substituents is 4. The number of aliphatic hydroxyl groups is 1. The van der Waals surface area contributed by atoms with Crippen LogP contribution in [0.2, 0.25) is 0 Å². The molecule has 0 amide bonds. The first-order valence-corrected chi connectivity index (χ1v) is 11.0. The lowest BCUT2D eigenvalue weighted by atomic mass is 9.80. The molecule has 0 saturated heterocycles. The molecule has 4 aromatic rings. The fourth-order valence-corrected chi connectivity index (χ4v) is 5.46. The SMILES string of the molecule is Oc1ccc(C2Oc3cccc4c3C2c2c(O)cc(O)cc2C(c2ccc(O)cc2)C4O)cc1. The van der Waals surface area contributed by atoms with Crippen LogP contribution in [-0.2, 0) is 0 Å². The molecule has 1 aliphatic heterocycles. The molecule has 4 aromatic carbocycles. The van der Waals surface area contributed by atoms with Gasteiger partial charge in [0.15, 0.2) is 0 Å². The quantitative estimate of drug-likeness (QED) is 0.293. The second-order valence-electron chi connectivity index (χ2n) is 8.85. The molecule has 4 atom stereocenters. The third-order valence-electron chi connectivity index (χ3n) is 6.90. The molecule has 0 fully saturated rings. The van der Waals surface area contributed by atoms with Gasteiger partial charge in [-0.2, -0.15) is 0 Å². The van der Waals surface area contributed by atoms with Crippen molar-refractivity contribution >= 4 is 0 Å². The molecule has 0 spiro atoms. The summed E-state index contributed by atoms with van der Waals surface area (Å²) >= 11 is 0. The van der Waals surface area contributed by atoms with Crippen molar-refractivity contribution in [2.24, 2.45) is 0 Å². The summed E-state index contributed by atoms with van der Waals surface area (Å²) in [6, 6.07) is 21.7. The van der Waals surface area contributed by atoms with E-state index in [1.807, 2.05) is 18.2 Å². The van der Waals surface area contributed by atoms with Gasteiger partial charge in [0.1, 0.15) is 34.9 Å². The van der Waals surface area contributed by atoms with Crippen LogP contribution < -0.4 is 4.74 Å². The van der Waals surface area contributed by atoms with E-state index in [0.29, 0.717) is 22.4 Å². The summed E-state index contributed by atoms with van der Waals surface area (Å²) in [4.78, 5) is 0. The number of phenols is 4. The lowest BCUT2D eigenvalue weighted by Crippen LogP contribution is -2.15. The van der Waals surface area contributed by atoms with Gasteiger partial charge in [-0.3, -0.25) is 0 Å². The number of aromatic hydroxyl groups is 4. The Hall–Kier alpha value is -4.16. The van der Waals surface area contributed by atoms with E-state index in [4.69, 9.17) is 4.74 Å². The number of hydrogen-bond acceptors (Lipinski definition) is 6. The third-order valence-corrected chi connectivity index (χ3v) is 6.90. The zero-order valence-electron chi connectivity index (χ0n) is 18.0. The number of fused-ring (bicyclic) bond motifs is 2. The molecule has 0 aromatic heterocycles. The smallest absolute Gasteiger partial charge is 0.135 e. The molecular weight excluding hydrogens is 432 g/mol. The first-order valence-electron chi connectivity index (χ1n) is 11.0. The number of rotatable bonds is 2. The Labute approximate surface area is 195 Å². The Morgan fingerprint density at radius 2 is 1.24 bits per heavy atom. The van der Waals surface area contributed by atoms with Crippen LogP contribution in [0.3, 0.4) is 0 Å². The van der Waals surface area contributed by atoms with Gasteiger partial charge in [0.2, 0.25) is 0 Å². The fraction of sp³-hybridized carbons (Fsp3) is 0.143. The molecule has 6 rings (SSSR count). The summed E-state index contributed by atoms with van der Waals surface area (Å²) < 4.78 is 6.36. The maximum atomic E-state index is 11.7. The maximum absolute atomic E-state index is 11.7. The van der Waals surface area contributed by atoms with E-state index in [0.717, 1.165) is 16.7 Å². The zero-order valence-corrected chi connectivity index (χ0v) is 18.0. The van der Waals surface area contributed by atoms with Crippen LogP contribution in [0.1, 0.15) is 57.4 Å². The van der Waals surface area contributed by atoms with Crippen LogP contribution in [0.25, 0.3) is 0 Å². The molecule has 34 heavy (non-hydrogen) atoms. The minimum atomic E-state index is -0.994. The van der Waals surface area contributed by atoms with Gasteiger partial charge in [-0.05, 0) is 58.7 Å². The van der Waals surface area contributed by atoms with Crippen molar-refractivity contribution in [2.75, 3.05) is 0 Å². The van der Waals surface area contributed by atoms with Crippen molar-refractivity contribution in [3.05, 3.63) is 112 Å². The molecule has 6 heteroatoms. The molecule has 6 nitrogen and oxygen atoms in total. The van der Waals surface area contributed by atoms with E-state index in [-0.39, 0.29) is 23.0 Å². The number of benzene rings is 4. The lowest BCUT2D eigenvalue weighted by molar-refractivity contribution is 0.159. The summed E-state index contributed by atoms with van der Waals surface area (Å²) in [5.41, 5.74) is 4.15. The predicted molar refractivity (Wildman–Crippen MR) is 124 cm³/mol. The average molecular weight is 454 g/mol. The van der Waals surface area contributed by atoms with Gasteiger partial charge in [-0.25, -0.2) is 0 Å². The Morgan fingerprint density at radius 3 is 1.91 bits per heavy atom. The molecule has 170 valence electrons. The van der Waals surface area contributed by atoms with Gasteiger partial charge < -0.3 is 30.3 Å². The molecule has 1 heterocycles. The van der Waals surface area contributed by atoms with Gasteiger partial charge in [-0.1, -0.05) is 36.4 Å². The molecule has 2 aliphatic rings. The molecule has 5 N–H and O–H groups in total. The third kappa shape index (κ3) is 2.99. The lowest BCUT2D eigenvalue weighted by Gasteiger charge is -2.27. The number of ether oxygens (including phenoxy) is 1. The van der Waals surface area contributed by atoms with Crippen LogP contribution >= 0.6 is 0 Å². The number of hydrogen-bond donors (Lipinski definition) is 5. The molecule has 0 bridgehead atoms. The van der Waals surface area contributed by atoms with Crippen molar-refractivity contribution in [3.63, 3.8) is 0 Å². The highest BCUT2D eigenvalue weighted by atomic mass is 16.5. The summed E-state index contributed by atoms with van der Waals surface area (Å²) in [6.07, 6.45) is -1.51. The standard InChI is InChI=1S/C28H22O6/c29-16-8-4-14(5-9-16)23-20-12-18(31)13-21(32)24(20)26-25-19(27(23)33)2-1-3-22(25)34-28(26)15-6-10-17(30)11-7-15/h1-13,23,26-33H. The van der Waals surface area contributed by atoms with Crippen molar-refractivity contribution in [2.45, 2.75) is 24.0 Å². The Balaban J connectivity index is 1.65. The predicted octanol–water partition coefficient (Wildman–Crippen LogP) is 4.95. The minimum Gasteiger partial charge on any atom is -0.508 e. The van der Waals surface area contributed by atoms with E-state index in [9.17, 15) is 25.5 Å². The highest BCUT2D eigenvalue weighted by Gasteiger charge is 2.46. The summed E-state index contributed by atoms with van der Waals surface area (Å²) in [6.45, 7) is 0. The largest absolute Gasteiger partial charge is 0.508 e. The van der Waals surface area contributed by atoms with Crippen LogP contribution in [0.5, 0.6) is 28.7 Å². The maximum Gasteiger partial charge on any atom is 0.135 e. The average Bonchev–Trinajstić information content (AvgIpc) is 3.15. The van der Waals surface area contributed by atoms with Crippen molar-refractivity contribution in [3.8, 4) is 28.7 Å². The topological polar surface area (TPSA) is 110 Å². The van der Waals surface area contributed by atoms with Gasteiger partial charge >= 0.3 is 0 Å². The number of aliphatic hydroxyl groups excluding tert-OH is 1. The molecule has 0 radical (unpaired) electrons. The van der Waals surface area contributed by atoms with E-state index in [1.165, 1.54) is 6.07 Å². The normalized spacial score (nSPS) is 22.4. The van der Waals surface area contributed by atoms with Crippen LogP contribution in [-0.4, -0.2) is 25.5 Å². The van der Waals surface area contributed by atoms with Crippen LogP contribution in [0.4, 0.5) is 0 Å². The molecule has 1 aliphatic carbocycles. The first kappa shape index (κ1) is 20.4. The Kier molecular flexibility index (Phi) is 4.47. The highest BCUT2D eigenvalue weighted by molar-refractivity contribution is 5.64. The summed E-state index contributed by atoms with van der Waals surface area (Å²) in [5, 5.41) is 52.9. The van der Waals surface area contributed by atoms with Gasteiger partial charge in [0.25, 0.3) is 0 Å². The van der Waals surface area contributed by atoms with Crippen molar-refractivity contribution < 1.29 is 30.3 Å². The second-order valence-corrected chi connectivity index (χ2v) is 8.85. The summed E-state index contributed by atoms with van der Waals surface area (Å²) in [5.74, 6) is -0.407. The molecule has 0 saturated carbocycles. The van der Waals surface area contributed by atoms with Gasteiger partial charge in [0.05, 0.1) is 12.0 Å². The zero-order chi connectivity index (χ0) is 23.6. The van der Waals surface area contributed by atoms with Crippen molar-refractivity contribution in [1.82, 2.24) is 0 Å². The summed E-state index contributed by atoms with van der Waals surface area (Å²) in [7, 11) is 0. The van der Waals surface area contributed by atoms with Crippen LogP contribution in [0.15, 0.2) is 78.9 Å². The van der Waals surface area contributed by atoms with E-state index in [2.05, 4.69) is 0 Å². The van der Waals surface area contributed by atoms with Crippen LogP contribution in [0, 0.1) is 0 Å². The van der Waals surface area contributed by atoms with E-state index < -0.39 is 24.0 Å². The Bertz CT molecular complexity index is 1390. The molecule has 4 unspecified atom stereocenters. The molecular formula is C28H22O6. The minimum absolute atomic E-state index is 0.0899. The first-order chi connectivity index (χ1) is 16.4. The van der Waals surface area contributed by atoms with Gasteiger partial charge in [-0.15, -0.1) is 0 Å². The van der Waals surface area contributed by atoms with E-state index >= 15 is 0 Å². The van der Waals surface area contributed by atoms with Gasteiger partial charge in [0, 0.05) is 23.1 Å². The Morgan fingerprint density at radius 1 is 0.588 bits per heavy atom.